The van der Waals surface area contributed by atoms with Crippen molar-refractivity contribution in [2.75, 3.05) is 19.5 Å². The minimum atomic E-state index is -1.28. The van der Waals surface area contributed by atoms with E-state index in [-0.39, 0.29) is 18.8 Å². The molecule has 0 unspecified atom stereocenters. The van der Waals surface area contributed by atoms with Gasteiger partial charge < -0.3 is 19.6 Å². The molecule has 0 bridgehead atoms. The zero-order valence-electron chi connectivity index (χ0n) is 16.6. The summed E-state index contributed by atoms with van der Waals surface area (Å²) in [5, 5.41) is 11.4. The second kappa shape index (κ2) is 8.02. The van der Waals surface area contributed by atoms with Crippen LogP contribution in [-0.2, 0) is 11.2 Å². The van der Waals surface area contributed by atoms with Crippen LogP contribution < -0.4 is 9.47 Å². The molecule has 30 heavy (non-hydrogen) atoms. The summed E-state index contributed by atoms with van der Waals surface area (Å²) in [6.45, 7) is 2.13. The van der Waals surface area contributed by atoms with Gasteiger partial charge in [0.1, 0.15) is 29.0 Å². The number of nitrogens with one attached hydrogen (secondary N) is 1. The summed E-state index contributed by atoms with van der Waals surface area (Å²) in [4.78, 5) is 19.7. The normalized spacial score (nSPS) is 18.4. The van der Waals surface area contributed by atoms with Crippen LogP contribution >= 0.6 is 11.8 Å². The maximum Gasteiger partial charge on any atom is 0.332 e. The summed E-state index contributed by atoms with van der Waals surface area (Å²) in [6, 6.07) is 11.8. The first-order chi connectivity index (χ1) is 14.4. The number of fused-ring (bicyclic) bond motifs is 1. The molecule has 1 atom stereocenters. The van der Waals surface area contributed by atoms with Crippen LogP contribution in [0.1, 0.15) is 11.3 Å². The van der Waals surface area contributed by atoms with E-state index < -0.39 is 11.5 Å². The molecule has 6 nitrogen and oxygen atoms in total. The molecule has 156 valence electrons. The topological polar surface area (TPSA) is 83.9 Å². The zero-order chi connectivity index (χ0) is 21.3. The van der Waals surface area contributed by atoms with E-state index in [9.17, 15) is 14.3 Å². The second-order valence-corrected chi connectivity index (χ2v) is 8.36. The van der Waals surface area contributed by atoms with Gasteiger partial charge in [-0.2, -0.15) is 0 Å². The Morgan fingerprint density at radius 2 is 2.07 bits per heavy atom. The summed E-state index contributed by atoms with van der Waals surface area (Å²) in [6.07, 6.45) is 0.188. The lowest BCUT2D eigenvalue weighted by molar-refractivity contribution is -0.142. The smallest absolute Gasteiger partial charge is 0.332 e. The first-order valence-corrected chi connectivity index (χ1v) is 10.4. The highest BCUT2D eigenvalue weighted by molar-refractivity contribution is 8.14. The maximum atomic E-state index is 13.4. The molecule has 2 heterocycles. The van der Waals surface area contributed by atoms with Crippen molar-refractivity contribution in [2.45, 2.75) is 18.9 Å². The molecular formula is C22H21FN2O4S. The van der Waals surface area contributed by atoms with Crippen molar-refractivity contribution in [1.29, 1.82) is 0 Å². The Hall–Kier alpha value is -3.00. The Kier molecular flexibility index (Phi) is 5.42. The molecule has 0 aliphatic carbocycles. The quantitative estimate of drug-likeness (QED) is 0.589. The molecule has 1 aliphatic heterocycles. The van der Waals surface area contributed by atoms with E-state index in [1.54, 1.807) is 19.2 Å². The van der Waals surface area contributed by atoms with Crippen LogP contribution in [0.5, 0.6) is 11.5 Å². The van der Waals surface area contributed by atoms with Crippen LogP contribution in [0.25, 0.3) is 10.9 Å². The van der Waals surface area contributed by atoms with Crippen LogP contribution in [0.3, 0.4) is 0 Å². The molecule has 0 saturated heterocycles. The van der Waals surface area contributed by atoms with E-state index in [2.05, 4.69) is 9.98 Å². The number of halogens is 1. The summed E-state index contributed by atoms with van der Waals surface area (Å²) in [7, 11) is 1.59. The van der Waals surface area contributed by atoms with Gasteiger partial charge in [0, 0.05) is 29.5 Å². The van der Waals surface area contributed by atoms with Crippen LogP contribution in [0.15, 0.2) is 47.5 Å². The van der Waals surface area contributed by atoms with E-state index in [4.69, 9.17) is 9.47 Å². The van der Waals surface area contributed by atoms with Gasteiger partial charge in [-0.1, -0.05) is 0 Å². The van der Waals surface area contributed by atoms with Crippen molar-refractivity contribution < 1.29 is 23.8 Å². The standard InChI is InChI=1S/C22H21FN2O4S/c1-13-5-17(28-2)9-18(6-13)29-11-20-25-22(12-30-20,21(26)27)10-16-7-14-3-4-15(23)8-19(14)24-16/h3-9,24H,10-12H2,1-2H3,(H,26,27)/t22-/m0/s1. The monoisotopic (exact) mass is 428 g/mol. The van der Waals surface area contributed by atoms with Crippen LogP contribution in [0, 0.1) is 12.7 Å². The van der Waals surface area contributed by atoms with Crippen molar-refractivity contribution in [3.63, 3.8) is 0 Å². The number of aryl methyl sites for hydroxylation is 1. The van der Waals surface area contributed by atoms with Crippen LogP contribution in [-0.4, -0.2) is 46.1 Å². The highest BCUT2D eigenvalue weighted by atomic mass is 32.2. The number of hydrogen-bond acceptors (Lipinski definition) is 5. The number of carbonyl (C=O) groups is 1. The fourth-order valence-corrected chi connectivity index (χ4v) is 4.56. The van der Waals surface area contributed by atoms with Gasteiger partial charge in [0.15, 0.2) is 5.54 Å². The van der Waals surface area contributed by atoms with E-state index in [1.807, 2.05) is 25.1 Å². The summed E-state index contributed by atoms with van der Waals surface area (Å²) < 4.78 is 24.5. The molecular weight excluding hydrogens is 407 g/mol. The van der Waals surface area contributed by atoms with Gasteiger partial charge in [-0.3, -0.25) is 4.99 Å². The Labute approximate surface area is 177 Å². The van der Waals surface area contributed by atoms with E-state index in [0.717, 1.165) is 10.9 Å². The average molecular weight is 428 g/mol. The van der Waals surface area contributed by atoms with Crippen molar-refractivity contribution in [2.24, 2.45) is 4.99 Å². The number of methoxy groups -OCH3 is 1. The Bertz CT molecular complexity index is 1140. The molecule has 0 fully saturated rings. The number of benzene rings is 2. The van der Waals surface area contributed by atoms with Gasteiger partial charge in [-0.05, 0) is 54.3 Å². The molecule has 1 aromatic heterocycles. The zero-order valence-corrected chi connectivity index (χ0v) is 17.4. The summed E-state index contributed by atoms with van der Waals surface area (Å²) >= 11 is 1.38. The minimum absolute atomic E-state index is 0.185. The number of aromatic nitrogens is 1. The number of thioether (sulfide) groups is 1. The minimum Gasteiger partial charge on any atom is -0.497 e. The lowest BCUT2D eigenvalue weighted by Gasteiger charge is -2.19. The number of aromatic amines is 1. The molecule has 2 N–H and O–H groups in total. The summed E-state index contributed by atoms with van der Waals surface area (Å²) in [5.41, 5.74) is 1.05. The molecule has 1 aliphatic rings. The van der Waals surface area contributed by atoms with Gasteiger partial charge in [-0.25, -0.2) is 9.18 Å². The second-order valence-electron chi connectivity index (χ2n) is 7.31. The number of ether oxygens (including phenoxy) is 2. The highest BCUT2D eigenvalue weighted by Crippen LogP contribution is 2.33. The van der Waals surface area contributed by atoms with Gasteiger partial charge in [0.25, 0.3) is 0 Å². The summed E-state index contributed by atoms with van der Waals surface area (Å²) in [5.74, 6) is 0.307. The molecule has 0 amide bonds. The third kappa shape index (κ3) is 4.14. The van der Waals surface area contributed by atoms with Gasteiger partial charge in [0.2, 0.25) is 0 Å². The fourth-order valence-electron chi connectivity index (χ4n) is 3.49. The number of H-pyrrole nitrogens is 1. The predicted octanol–water partition coefficient (Wildman–Crippen LogP) is 4.21. The van der Waals surface area contributed by atoms with Crippen molar-refractivity contribution in [3.05, 3.63) is 59.5 Å². The number of aliphatic imine (C=N–C) groups is 1. The third-order valence-corrected chi connectivity index (χ3v) is 6.12. The van der Waals surface area contributed by atoms with Gasteiger partial charge >= 0.3 is 5.97 Å². The lowest BCUT2D eigenvalue weighted by Crippen LogP contribution is -2.39. The average Bonchev–Trinajstić information content (AvgIpc) is 3.30. The van der Waals surface area contributed by atoms with Crippen LogP contribution in [0.4, 0.5) is 4.39 Å². The lowest BCUT2D eigenvalue weighted by atomic mass is 9.96. The van der Waals surface area contributed by atoms with Crippen molar-refractivity contribution in [3.8, 4) is 11.5 Å². The van der Waals surface area contributed by atoms with Gasteiger partial charge in [0.05, 0.1) is 7.11 Å². The van der Waals surface area contributed by atoms with Crippen molar-refractivity contribution in [1.82, 2.24) is 4.98 Å². The molecule has 0 spiro atoms. The van der Waals surface area contributed by atoms with Gasteiger partial charge in [-0.15, -0.1) is 11.8 Å². The predicted molar refractivity (Wildman–Crippen MR) is 115 cm³/mol. The van der Waals surface area contributed by atoms with E-state index in [1.165, 1.54) is 23.9 Å². The third-order valence-electron chi connectivity index (χ3n) is 4.96. The first kappa shape index (κ1) is 20.3. The van der Waals surface area contributed by atoms with Crippen molar-refractivity contribution >= 4 is 33.7 Å². The number of carboxylic acids is 1. The van der Waals surface area contributed by atoms with E-state index in [0.29, 0.717) is 33.5 Å². The molecule has 0 radical (unpaired) electrons. The maximum absolute atomic E-state index is 13.4. The number of hydrogen-bond donors (Lipinski definition) is 2. The van der Waals surface area contributed by atoms with E-state index >= 15 is 0 Å². The number of carboxylic acid groups (broad SMARTS) is 1. The first-order valence-electron chi connectivity index (χ1n) is 9.37. The van der Waals surface area contributed by atoms with Crippen LogP contribution in [0.2, 0.25) is 0 Å². The molecule has 2 aromatic carbocycles. The SMILES string of the molecule is COc1cc(C)cc(OCC2=N[C@](Cc3cc4ccc(F)cc4[nH]3)(C(=O)O)CS2)c1. The number of nitrogens with zero attached hydrogens (tertiary/aromatic N) is 1. The molecule has 8 heteroatoms. The Morgan fingerprint density at radius 3 is 2.83 bits per heavy atom. The highest BCUT2D eigenvalue weighted by Gasteiger charge is 2.43. The Morgan fingerprint density at radius 1 is 1.27 bits per heavy atom. The largest absolute Gasteiger partial charge is 0.497 e. The fraction of sp³-hybridized carbons (Fsp3) is 0.273. The molecule has 4 rings (SSSR count). The Balaban J connectivity index is 1.52. The molecule has 0 saturated carbocycles. The molecule has 3 aromatic rings. The number of aliphatic carboxylic acids is 1. The number of rotatable bonds is 7.